The maximum atomic E-state index is 10.9. The molecule has 0 N–H and O–H groups in total. The monoisotopic (exact) mass is 468 g/mol. The van der Waals surface area contributed by atoms with Crippen LogP contribution in [0.25, 0.3) is 39.9 Å². The number of rotatable bonds is 6. The molecule has 0 amide bonds. The van der Waals surface area contributed by atoms with Gasteiger partial charge in [0.1, 0.15) is 0 Å². The number of benzene rings is 4. The van der Waals surface area contributed by atoms with Gasteiger partial charge in [0, 0.05) is 23.3 Å². The zero-order valence-electron chi connectivity index (χ0n) is 19.2. The first-order valence-corrected chi connectivity index (χ1v) is 11.3. The van der Waals surface area contributed by atoms with E-state index in [1.807, 2.05) is 77.5 Å². The molecule has 172 valence electrons. The highest BCUT2D eigenvalue weighted by Gasteiger charge is 2.13. The minimum atomic E-state index is -0.458. The SMILES string of the molecule is N#CC(=Cc1ccc(-n2nc(-c3ccccc3)cc2-c2ccccc2)cc1)c1ccc([N+](=O)[O-])cc1. The molecular formula is C30H20N4O2. The van der Waals surface area contributed by atoms with Crippen LogP contribution in [0.15, 0.2) is 115 Å². The van der Waals surface area contributed by atoms with Gasteiger partial charge < -0.3 is 0 Å². The van der Waals surface area contributed by atoms with Crippen LogP contribution in [0.4, 0.5) is 5.69 Å². The van der Waals surface area contributed by atoms with E-state index >= 15 is 0 Å². The summed E-state index contributed by atoms with van der Waals surface area (Å²) in [5, 5.41) is 25.5. The molecule has 1 aromatic heterocycles. The maximum Gasteiger partial charge on any atom is 0.269 e. The van der Waals surface area contributed by atoms with Gasteiger partial charge in [-0.3, -0.25) is 10.1 Å². The van der Waals surface area contributed by atoms with Gasteiger partial charge in [0.2, 0.25) is 0 Å². The van der Waals surface area contributed by atoms with E-state index < -0.39 is 4.92 Å². The van der Waals surface area contributed by atoms with Gasteiger partial charge in [-0.1, -0.05) is 72.8 Å². The Labute approximate surface area is 208 Å². The number of nitro groups is 1. The average Bonchev–Trinajstić information content (AvgIpc) is 3.39. The third-order valence-electron chi connectivity index (χ3n) is 5.81. The quantitative estimate of drug-likeness (QED) is 0.114. The molecule has 4 aromatic carbocycles. The predicted octanol–water partition coefficient (Wildman–Crippen LogP) is 7.18. The number of nitriles is 1. The molecule has 0 radical (unpaired) electrons. The molecule has 5 rings (SSSR count). The van der Waals surface area contributed by atoms with E-state index in [1.165, 1.54) is 12.1 Å². The van der Waals surface area contributed by atoms with Crippen LogP contribution in [0.5, 0.6) is 0 Å². The Kier molecular flexibility index (Phi) is 6.20. The van der Waals surface area contributed by atoms with Gasteiger partial charge in [-0.25, -0.2) is 4.68 Å². The Morgan fingerprint density at radius 1 is 0.833 bits per heavy atom. The van der Waals surface area contributed by atoms with Crippen LogP contribution in [0.3, 0.4) is 0 Å². The molecule has 0 unspecified atom stereocenters. The lowest BCUT2D eigenvalue weighted by Crippen LogP contribution is -1.99. The lowest BCUT2D eigenvalue weighted by molar-refractivity contribution is -0.384. The molecule has 0 bridgehead atoms. The van der Waals surface area contributed by atoms with Crippen LogP contribution in [0.2, 0.25) is 0 Å². The minimum absolute atomic E-state index is 0.0105. The van der Waals surface area contributed by atoms with Gasteiger partial charge in [-0.2, -0.15) is 10.4 Å². The molecule has 0 aliphatic heterocycles. The molecule has 0 aliphatic carbocycles. The molecule has 0 aliphatic rings. The van der Waals surface area contributed by atoms with Crippen LogP contribution in [0.1, 0.15) is 11.1 Å². The van der Waals surface area contributed by atoms with E-state index in [2.05, 4.69) is 24.3 Å². The van der Waals surface area contributed by atoms with E-state index in [4.69, 9.17) is 5.10 Å². The second kappa shape index (κ2) is 9.92. The summed E-state index contributed by atoms with van der Waals surface area (Å²) < 4.78 is 1.92. The summed E-state index contributed by atoms with van der Waals surface area (Å²) in [4.78, 5) is 10.4. The summed E-state index contributed by atoms with van der Waals surface area (Å²) in [6, 6.07) is 38.2. The first-order valence-electron chi connectivity index (χ1n) is 11.3. The Morgan fingerprint density at radius 3 is 2.03 bits per heavy atom. The Balaban J connectivity index is 1.50. The van der Waals surface area contributed by atoms with Gasteiger partial charge in [-0.15, -0.1) is 0 Å². The topological polar surface area (TPSA) is 84.8 Å². The highest BCUT2D eigenvalue weighted by molar-refractivity contribution is 5.89. The zero-order chi connectivity index (χ0) is 24.9. The standard InChI is InChI=1S/C30H20N4O2/c31-21-26(23-13-17-28(18-14-23)34(35)36)19-22-11-15-27(16-12-22)33-30(25-9-5-2-6-10-25)20-29(32-33)24-7-3-1-4-8-24/h1-20H. The molecule has 0 fully saturated rings. The van der Waals surface area contributed by atoms with Crippen molar-refractivity contribution < 1.29 is 4.92 Å². The maximum absolute atomic E-state index is 10.9. The van der Waals surface area contributed by atoms with Crippen molar-refractivity contribution in [3.8, 4) is 34.3 Å². The Morgan fingerprint density at radius 2 is 1.44 bits per heavy atom. The van der Waals surface area contributed by atoms with Gasteiger partial charge in [0.05, 0.1) is 33.6 Å². The fourth-order valence-corrected chi connectivity index (χ4v) is 3.96. The lowest BCUT2D eigenvalue weighted by atomic mass is 10.0. The highest BCUT2D eigenvalue weighted by atomic mass is 16.6. The van der Waals surface area contributed by atoms with E-state index in [0.717, 1.165) is 33.8 Å². The molecular weight excluding hydrogens is 448 g/mol. The molecule has 0 saturated heterocycles. The van der Waals surface area contributed by atoms with Crippen molar-refractivity contribution in [3.63, 3.8) is 0 Å². The summed E-state index contributed by atoms with van der Waals surface area (Å²) in [5.74, 6) is 0. The molecule has 36 heavy (non-hydrogen) atoms. The molecule has 0 atom stereocenters. The second-order valence-corrected chi connectivity index (χ2v) is 8.12. The van der Waals surface area contributed by atoms with Crippen molar-refractivity contribution in [1.82, 2.24) is 9.78 Å². The average molecular weight is 469 g/mol. The minimum Gasteiger partial charge on any atom is -0.258 e. The summed E-state index contributed by atoms with van der Waals surface area (Å²) in [7, 11) is 0. The van der Waals surface area contributed by atoms with Gasteiger partial charge in [0.25, 0.3) is 5.69 Å². The van der Waals surface area contributed by atoms with Crippen molar-refractivity contribution in [2.45, 2.75) is 0 Å². The van der Waals surface area contributed by atoms with Crippen molar-refractivity contribution in [2.24, 2.45) is 0 Å². The van der Waals surface area contributed by atoms with E-state index in [9.17, 15) is 15.4 Å². The second-order valence-electron chi connectivity index (χ2n) is 8.12. The smallest absolute Gasteiger partial charge is 0.258 e. The predicted molar refractivity (Wildman–Crippen MR) is 141 cm³/mol. The van der Waals surface area contributed by atoms with Crippen LogP contribution in [-0.2, 0) is 0 Å². The van der Waals surface area contributed by atoms with E-state index in [0.29, 0.717) is 11.1 Å². The third kappa shape index (κ3) is 4.67. The van der Waals surface area contributed by atoms with Gasteiger partial charge in [-0.05, 0) is 47.5 Å². The number of nitro benzene ring substituents is 1. The van der Waals surface area contributed by atoms with Gasteiger partial charge >= 0.3 is 0 Å². The fourth-order valence-electron chi connectivity index (χ4n) is 3.96. The van der Waals surface area contributed by atoms with Crippen LogP contribution >= 0.6 is 0 Å². The molecule has 6 nitrogen and oxygen atoms in total. The first kappa shape index (κ1) is 22.5. The van der Waals surface area contributed by atoms with E-state index in [1.54, 1.807) is 18.2 Å². The van der Waals surface area contributed by atoms with Crippen molar-refractivity contribution >= 4 is 17.3 Å². The van der Waals surface area contributed by atoms with Crippen LogP contribution < -0.4 is 0 Å². The van der Waals surface area contributed by atoms with Crippen molar-refractivity contribution in [2.75, 3.05) is 0 Å². The molecule has 0 spiro atoms. The number of hydrogen-bond acceptors (Lipinski definition) is 4. The highest BCUT2D eigenvalue weighted by Crippen LogP contribution is 2.29. The summed E-state index contributed by atoms with van der Waals surface area (Å²) in [6.07, 6.45) is 1.77. The molecule has 0 saturated carbocycles. The molecule has 5 aromatic rings. The number of aromatic nitrogens is 2. The Bertz CT molecular complexity index is 1580. The number of allylic oxidation sites excluding steroid dienone is 1. The summed E-state index contributed by atoms with van der Waals surface area (Å²) in [5.41, 5.74) is 6.71. The van der Waals surface area contributed by atoms with Crippen LogP contribution in [0, 0.1) is 21.4 Å². The zero-order valence-corrected chi connectivity index (χ0v) is 19.2. The number of nitrogens with zero attached hydrogens (tertiary/aromatic N) is 4. The van der Waals surface area contributed by atoms with Gasteiger partial charge in [0.15, 0.2) is 0 Å². The number of non-ortho nitro benzene ring substituents is 1. The molecule has 1 heterocycles. The van der Waals surface area contributed by atoms with Crippen LogP contribution in [-0.4, -0.2) is 14.7 Å². The summed E-state index contributed by atoms with van der Waals surface area (Å²) >= 11 is 0. The fraction of sp³-hybridized carbons (Fsp3) is 0. The first-order chi connectivity index (χ1) is 17.6. The largest absolute Gasteiger partial charge is 0.269 e. The van der Waals surface area contributed by atoms with E-state index in [-0.39, 0.29) is 5.69 Å². The van der Waals surface area contributed by atoms with Crippen molar-refractivity contribution in [1.29, 1.82) is 5.26 Å². The third-order valence-corrected chi connectivity index (χ3v) is 5.81. The summed E-state index contributed by atoms with van der Waals surface area (Å²) in [6.45, 7) is 0. The molecule has 6 heteroatoms. The lowest BCUT2D eigenvalue weighted by Gasteiger charge is -2.08. The Hall–Kier alpha value is -5.28. The van der Waals surface area contributed by atoms with Crippen molar-refractivity contribution in [3.05, 3.63) is 137 Å². The normalized spacial score (nSPS) is 11.1. The number of hydrogen-bond donors (Lipinski definition) is 0.